The Balaban J connectivity index is 1.20. The molecule has 704 valence electrons. The number of carboxylic acids is 1. The molecular weight excluding hydrogens is 1620 g/mol. The summed E-state index contributed by atoms with van der Waals surface area (Å²) in [6.07, 6.45) is 0.00672. The zero-order chi connectivity index (χ0) is 88.6. The Hall–Kier alpha value is -6.69. The maximum atomic E-state index is 14.6. The number of methoxy groups -OCH3 is 2. The van der Waals surface area contributed by atoms with Crippen molar-refractivity contribution in [3.05, 3.63) is 65.2 Å². The molecular formula is C84H138N4O35. The fraction of sp³-hybridized carbons (Fsp3) is 0.750. The van der Waals surface area contributed by atoms with E-state index in [1.54, 1.807) is 64.5 Å². The lowest BCUT2D eigenvalue weighted by atomic mass is 9.94. The summed E-state index contributed by atoms with van der Waals surface area (Å²) in [5.41, 5.74) is 2.03. The Kier molecular flexibility index (Phi) is 64.8. The molecule has 0 bridgehead atoms. The first-order valence-electron chi connectivity index (χ1n) is 42.2. The van der Waals surface area contributed by atoms with Gasteiger partial charge in [0.2, 0.25) is 17.7 Å². The first-order chi connectivity index (χ1) is 60.0. The van der Waals surface area contributed by atoms with Gasteiger partial charge in [-0.25, -0.2) is 4.79 Å². The predicted molar refractivity (Wildman–Crippen MR) is 441 cm³/mol. The average molecular weight is 1760 g/mol. The van der Waals surface area contributed by atoms with Crippen LogP contribution in [-0.4, -0.2) is 398 Å². The van der Waals surface area contributed by atoms with E-state index in [-0.39, 0.29) is 77.9 Å². The monoisotopic (exact) mass is 1760 g/mol. The second kappa shape index (κ2) is 73.4. The number of nitrogens with one attached hydrogen (secondary N) is 3. The minimum atomic E-state index is -1.48. The molecule has 39 heteroatoms. The van der Waals surface area contributed by atoms with Gasteiger partial charge in [0.25, 0.3) is 11.8 Å². The average Bonchev–Trinajstić information content (AvgIpc) is 1.68. The molecule has 5 amide bonds. The van der Waals surface area contributed by atoms with Crippen LogP contribution < -0.4 is 25.4 Å². The van der Waals surface area contributed by atoms with Gasteiger partial charge in [-0.05, 0) is 73.1 Å². The number of nitrogens with zero attached hydrogens (tertiary/aromatic N) is 1. The Bertz CT molecular complexity index is 3090. The van der Waals surface area contributed by atoms with Gasteiger partial charge in [0, 0.05) is 51.8 Å². The van der Waals surface area contributed by atoms with Crippen LogP contribution in [0.4, 0.5) is 5.69 Å². The van der Waals surface area contributed by atoms with Gasteiger partial charge in [-0.2, -0.15) is 0 Å². The quantitative estimate of drug-likeness (QED) is 0.0360. The van der Waals surface area contributed by atoms with Crippen LogP contribution in [0.2, 0.25) is 0 Å². The number of aryl methyl sites for hydroxylation is 1. The maximum Gasteiger partial charge on any atom is 0.332 e. The normalized spacial score (nSPS) is 15.4. The number of carboxylic acid groups (broad SMARTS) is 1. The number of aliphatic carboxylic acids is 1. The third kappa shape index (κ3) is 54.8. The van der Waals surface area contributed by atoms with Crippen molar-refractivity contribution in [1.29, 1.82) is 0 Å². The van der Waals surface area contributed by atoms with E-state index in [4.69, 9.17) is 123 Å². The van der Waals surface area contributed by atoms with Crippen molar-refractivity contribution in [2.75, 3.05) is 310 Å². The smallest absolute Gasteiger partial charge is 0.332 e. The Labute approximate surface area is 722 Å². The zero-order valence-electron chi connectivity index (χ0n) is 72.8. The SMILES string of the molecule is COCCOCCOCCOCCOCCOCCOCCOCCOCCOCCOCCOc1ccc(C[C@@H](C(=O)N[C@H](C(=O)N[C@@H](C)C(=O)Nc2ccc(COC(C)=O)c(CC[C@H]3C[C@@H](O)C[C@@H](C(=O)O)O3)c2)C(C)C)N2C(=O)C=CC2=O)cc1OCCOCCOCCOCCOCCOCCOCCOCCOCCOCCOCCOC. The molecule has 4 rings (SSSR count). The van der Waals surface area contributed by atoms with Crippen molar-refractivity contribution in [2.24, 2.45) is 5.92 Å². The van der Waals surface area contributed by atoms with E-state index in [9.17, 15) is 43.8 Å². The molecule has 2 aliphatic rings. The van der Waals surface area contributed by atoms with Crippen LogP contribution in [0.5, 0.6) is 11.5 Å². The number of ether oxygens (including phenoxy) is 26. The summed E-state index contributed by atoms with van der Waals surface area (Å²) < 4.78 is 144. The van der Waals surface area contributed by atoms with Crippen molar-refractivity contribution >= 4 is 47.2 Å². The fourth-order valence-corrected chi connectivity index (χ4v) is 11.3. The number of hydrogen-bond acceptors (Lipinski definition) is 34. The largest absolute Gasteiger partial charge is 0.487 e. The lowest BCUT2D eigenvalue weighted by molar-refractivity contribution is -0.166. The zero-order valence-corrected chi connectivity index (χ0v) is 72.8. The molecule has 0 aliphatic carbocycles. The number of benzene rings is 2. The summed E-state index contributed by atoms with van der Waals surface area (Å²) in [7, 11) is 3.26. The summed E-state index contributed by atoms with van der Waals surface area (Å²) in [6, 6.07) is 5.87. The molecule has 5 N–H and O–H groups in total. The number of esters is 1. The maximum absolute atomic E-state index is 14.6. The Morgan fingerprint density at radius 1 is 0.431 bits per heavy atom. The molecule has 6 atom stereocenters. The molecule has 0 saturated carbocycles. The number of carbonyl (C=O) groups is 7. The van der Waals surface area contributed by atoms with E-state index in [0.717, 1.165) is 17.1 Å². The van der Waals surface area contributed by atoms with Crippen molar-refractivity contribution in [2.45, 2.75) is 103 Å². The molecule has 0 aromatic heterocycles. The Morgan fingerprint density at radius 2 is 0.789 bits per heavy atom. The molecule has 0 spiro atoms. The standard InChI is InChI=1S/C84H138N4O35/c1-65(2)80(83(95)85-66(3)81(93)86-71-10-8-70(64-122-67(4)89)69(61-71)9-11-73-62-72(90)63-77(123-73)84(96)97)87-82(94)74(88-78(91)13-14-79(88)92)59-68-7-12-75(120-57-55-118-53-51-116-49-47-114-45-43-112-41-39-110-37-35-108-33-31-106-29-27-104-25-23-102-21-19-100-17-15-98-5)76(60-68)121-58-56-119-54-52-117-50-48-115-46-44-113-42-40-111-38-36-109-34-32-107-30-28-105-26-24-103-22-20-101-18-16-99-6/h7-8,10,12-14,60-61,65-66,72-74,77,80,90H,9,11,15-59,62-64H2,1-6H3,(H,85,95)(H,86,93)(H,87,94)(H,96,97)/t66-,72+,73-,74-,77-,80-/m0/s1. The number of imide groups is 1. The number of aliphatic hydroxyl groups is 1. The fourth-order valence-electron chi connectivity index (χ4n) is 11.3. The topological polar surface area (TPSA) is 439 Å². The molecule has 2 heterocycles. The van der Waals surface area contributed by atoms with E-state index >= 15 is 0 Å². The highest BCUT2D eigenvalue weighted by Gasteiger charge is 2.39. The third-order valence-electron chi connectivity index (χ3n) is 17.7. The van der Waals surface area contributed by atoms with Gasteiger partial charge in [0.05, 0.1) is 290 Å². The molecule has 2 aliphatic heterocycles. The highest BCUT2D eigenvalue weighted by molar-refractivity contribution is 6.15. The molecule has 123 heavy (non-hydrogen) atoms. The number of aliphatic hydroxyl groups excluding tert-OH is 1. The number of hydrogen-bond donors (Lipinski definition) is 5. The van der Waals surface area contributed by atoms with Crippen LogP contribution >= 0.6 is 0 Å². The van der Waals surface area contributed by atoms with Crippen molar-refractivity contribution in [1.82, 2.24) is 15.5 Å². The first-order valence-corrected chi connectivity index (χ1v) is 42.2. The van der Waals surface area contributed by atoms with Crippen LogP contribution in [0.1, 0.15) is 63.6 Å². The molecule has 2 aromatic rings. The van der Waals surface area contributed by atoms with Crippen LogP contribution in [0.15, 0.2) is 48.6 Å². The molecule has 1 fully saturated rings. The van der Waals surface area contributed by atoms with Crippen LogP contribution in [0.3, 0.4) is 0 Å². The van der Waals surface area contributed by atoms with Gasteiger partial charge in [0.15, 0.2) is 17.6 Å². The molecule has 39 nitrogen and oxygen atoms in total. The second-order valence-corrected chi connectivity index (χ2v) is 27.8. The predicted octanol–water partition coefficient (Wildman–Crippen LogP) is 2.18. The van der Waals surface area contributed by atoms with Gasteiger partial charge in [-0.15, -0.1) is 0 Å². The minimum absolute atomic E-state index is 0.0393. The van der Waals surface area contributed by atoms with E-state index < -0.39 is 83.8 Å². The van der Waals surface area contributed by atoms with Crippen LogP contribution in [0, 0.1) is 5.92 Å². The van der Waals surface area contributed by atoms with Crippen LogP contribution in [0.25, 0.3) is 0 Å². The summed E-state index contributed by atoms with van der Waals surface area (Å²) in [6.45, 7) is 23.6. The highest BCUT2D eigenvalue weighted by atomic mass is 16.6. The Morgan fingerprint density at radius 3 is 1.14 bits per heavy atom. The van der Waals surface area contributed by atoms with Crippen molar-refractivity contribution < 1.29 is 167 Å². The van der Waals surface area contributed by atoms with E-state index in [0.29, 0.717) is 285 Å². The van der Waals surface area contributed by atoms with Crippen LogP contribution in [-0.2, 0) is 167 Å². The molecule has 0 unspecified atom stereocenters. The number of rotatable bonds is 84. The number of amides is 5. The second-order valence-electron chi connectivity index (χ2n) is 27.8. The lowest BCUT2D eigenvalue weighted by Gasteiger charge is -2.31. The third-order valence-corrected chi connectivity index (χ3v) is 17.7. The van der Waals surface area contributed by atoms with Gasteiger partial charge in [-0.1, -0.05) is 26.0 Å². The number of anilines is 1. The molecule has 2 aromatic carbocycles. The van der Waals surface area contributed by atoms with Gasteiger partial charge < -0.3 is 149 Å². The summed E-state index contributed by atoms with van der Waals surface area (Å²) in [5.74, 6) is -5.45. The van der Waals surface area contributed by atoms with E-state index in [2.05, 4.69) is 16.0 Å². The van der Waals surface area contributed by atoms with Gasteiger partial charge >= 0.3 is 11.9 Å². The molecule has 0 radical (unpaired) electrons. The lowest BCUT2D eigenvalue weighted by Crippen LogP contribution is -2.58. The van der Waals surface area contributed by atoms with E-state index in [1.165, 1.54) is 13.8 Å². The highest BCUT2D eigenvalue weighted by Crippen LogP contribution is 2.31. The molecule has 1 saturated heterocycles. The minimum Gasteiger partial charge on any atom is -0.487 e. The first kappa shape index (κ1) is 109. The van der Waals surface area contributed by atoms with Gasteiger partial charge in [0.1, 0.15) is 37.9 Å². The van der Waals surface area contributed by atoms with Crippen molar-refractivity contribution in [3.8, 4) is 11.5 Å². The van der Waals surface area contributed by atoms with Gasteiger partial charge in [-0.3, -0.25) is 33.7 Å². The van der Waals surface area contributed by atoms with E-state index in [1.807, 2.05) is 0 Å². The summed E-state index contributed by atoms with van der Waals surface area (Å²) in [5, 5.41) is 28.1. The number of carbonyl (C=O) groups excluding carboxylic acids is 6. The summed E-state index contributed by atoms with van der Waals surface area (Å²) in [4.78, 5) is 93.7. The van der Waals surface area contributed by atoms with Crippen molar-refractivity contribution in [3.63, 3.8) is 0 Å². The summed E-state index contributed by atoms with van der Waals surface area (Å²) >= 11 is 0.